The van der Waals surface area contributed by atoms with Crippen molar-refractivity contribution in [2.24, 2.45) is 5.92 Å². The average Bonchev–Trinajstić information content (AvgIpc) is 2.38. The predicted molar refractivity (Wildman–Crippen MR) is 79.4 cm³/mol. The van der Waals surface area contributed by atoms with Crippen molar-refractivity contribution in [3.8, 4) is 0 Å². The van der Waals surface area contributed by atoms with Crippen LogP contribution in [0, 0.1) is 5.92 Å². The first-order chi connectivity index (χ1) is 9.79. The lowest BCUT2D eigenvalue weighted by Gasteiger charge is -2.18. The van der Waals surface area contributed by atoms with Gasteiger partial charge in [-0.05, 0) is 38.2 Å². The number of likely N-dealkylation sites (N-methyl/N-ethyl adjacent to an activating group) is 1. The van der Waals surface area contributed by atoms with Crippen molar-refractivity contribution < 1.29 is 19.5 Å². The number of nitrogens with zero attached hydrogens (tertiary/aromatic N) is 1. The van der Waals surface area contributed by atoms with E-state index in [4.69, 9.17) is 5.11 Å². The van der Waals surface area contributed by atoms with E-state index in [0.717, 1.165) is 0 Å². The Hall–Kier alpha value is -2.21. The zero-order valence-electron chi connectivity index (χ0n) is 12.4. The maximum Gasteiger partial charge on any atom is 0.307 e. The molecule has 6 heteroatoms. The molecule has 0 aliphatic rings. The van der Waals surface area contributed by atoms with Crippen LogP contribution in [0.1, 0.15) is 24.2 Å². The van der Waals surface area contributed by atoms with Crippen molar-refractivity contribution in [3.05, 3.63) is 29.8 Å². The quantitative estimate of drug-likeness (QED) is 0.743. The van der Waals surface area contributed by atoms with Gasteiger partial charge in [0.05, 0.1) is 12.5 Å². The van der Waals surface area contributed by atoms with Gasteiger partial charge in [-0.15, -0.1) is 0 Å². The number of hydrogen-bond donors (Lipinski definition) is 2. The molecule has 0 fully saturated rings. The Morgan fingerprint density at radius 1 is 1.24 bits per heavy atom. The number of Topliss-reactive ketones (excluding diaryl/α,β-unsaturated/α-hetero) is 1. The van der Waals surface area contributed by atoms with Crippen molar-refractivity contribution in [2.45, 2.75) is 13.8 Å². The number of ketones is 1. The van der Waals surface area contributed by atoms with E-state index < -0.39 is 11.9 Å². The molecule has 0 aliphatic carbocycles. The molecule has 114 valence electrons. The second-order valence-electron chi connectivity index (χ2n) is 5.12. The molecule has 0 spiro atoms. The van der Waals surface area contributed by atoms with Gasteiger partial charge in [-0.25, -0.2) is 0 Å². The summed E-state index contributed by atoms with van der Waals surface area (Å²) in [6.07, 6.45) is 0. The molecule has 1 amide bonds. The fourth-order valence-corrected chi connectivity index (χ4v) is 1.84. The Morgan fingerprint density at radius 2 is 1.81 bits per heavy atom. The highest BCUT2D eigenvalue weighted by Crippen LogP contribution is 2.10. The molecule has 0 aromatic heterocycles. The van der Waals surface area contributed by atoms with Crippen LogP contribution in [-0.4, -0.2) is 47.8 Å². The molecule has 0 bridgehead atoms. The van der Waals surface area contributed by atoms with E-state index in [1.165, 1.54) is 6.92 Å². The third-order valence-electron chi connectivity index (χ3n) is 3.00. The van der Waals surface area contributed by atoms with Crippen molar-refractivity contribution in [3.63, 3.8) is 0 Å². The molecule has 0 heterocycles. The Morgan fingerprint density at radius 3 is 2.29 bits per heavy atom. The van der Waals surface area contributed by atoms with Crippen LogP contribution in [0.2, 0.25) is 0 Å². The minimum absolute atomic E-state index is 0.0322. The zero-order valence-corrected chi connectivity index (χ0v) is 12.4. The van der Waals surface area contributed by atoms with Crippen molar-refractivity contribution in [1.29, 1.82) is 0 Å². The molecule has 2 N–H and O–H groups in total. The van der Waals surface area contributed by atoms with Crippen LogP contribution in [0.4, 0.5) is 5.69 Å². The second kappa shape index (κ2) is 7.54. The van der Waals surface area contributed by atoms with Gasteiger partial charge in [0.25, 0.3) is 0 Å². The molecule has 0 aliphatic heterocycles. The SMILES string of the molecule is CC(=O)c1ccc(NC(=O)CN(C)CC(C)C(=O)O)cc1. The van der Waals surface area contributed by atoms with E-state index in [9.17, 15) is 14.4 Å². The highest BCUT2D eigenvalue weighted by atomic mass is 16.4. The lowest BCUT2D eigenvalue weighted by atomic mass is 10.1. The number of carboxylic acid groups (broad SMARTS) is 1. The minimum Gasteiger partial charge on any atom is -0.481 e. The van der Waals surface area contributed by atoms with Gasteiger partial charge in [0.15, 0.2) is 5.78 Å². The van der Waals surface area contributed by atoms with Crippen LogP contribution in [0.5, 0.6) is 0 Å². The predicted octanol–water partition coefficient (Wildman–Crippen LogP) is 1.48. The second-order valence-corrected chi connectivity index (χ2v) is 5.12. The summed E-state index contributed by atoms with van der Waals surface area (Å²) in [4.78, 5) is 35.4. The summed E-state index contributed by atoms with van der Waals surface area (Å²) < 4.78 is 0. The topological polar surface area (TPSA) is 86.7 Å². The van der Waals surface area contributed by atoms with Crippen LogP contribution in [-0.2, 0) is 9.59 Å². The number of rotatable bonds is 7. The average molecular weight is 292 g/mol. The van der Waals surface area contributed by atoms with Gasteiger partial charge in [-0.3, -0.25) is 19.3 Å². The van der Waals surface area contributed by atoms with Gasteiger partial charge in [0.2, 0.25) is 5.91 Å². The maximum atomic E-state index is 11.8. The lowest BCUT2D eigenvalue weighted by molar-refractivity contribution is -0.141. The van der Waals surface area contributed by atoms with Crippen molar-refractivity contribution in [1.82, 2.24) is 4.90 Å². The Kier molecular flexibility index (Phi) is 6.05. The van der Waals surface area contributed by atoms with Crippen LogP contribution < -0.4 is 5.32 Å². The molecule has 6 nitrogen and oxygen atoms in total. The summed E-state index contributed by atoms with van der Waals surface area (Å²) in [5.41, 5.74) is 1.19. The van der Waals surface area contributed by atoms with E-state index >= 15 is 0 Å². The first-order valence-corrected chi connectivity index (χ1v) is 6.61. The molecule has 1 rings (SSSR count). The number of hydrogen-bond acceptors (Lipinski definition) is 4. The van der Waals surface area contributed by atoms with Gasteiger partial charge < -0.3 is 10.4 Å². The standard InChI is InChI=1S/C15H20N2O4/c1-10(15(20)21)8-17(3)9-14(19)16-13-6-4-12(5-7-13)11(2)18/h4-7,10H,8-9H2,1-3H3,(H,16,19)(H,20,21). The summed E-state index contributed by atoms with van der Waals surface area (Å²) in [6.45, 7) is 3.47. The number of carbonyl (C=O) groups excluding carboxylic acids is 2. The number of carbonyl (C=O) groups is 3. The summed E-state index contributed by atoms with van der Waals surface area (Å²) in [5.74, 6) is -1.68. The molecule has 1 aromatic carbocycles. The maximum absolute atomic E-state index is 11.8. The van der Waals surface area contributed by atoms with Gasteiger partial charge in [-0.2, -0.15) is 0 Å². The van der Waals surface area contributed by atoms with E-state index in [1.807, 2.05) is 0 Å². The van der Waals surface area contributed by atoms with Gasteiger partial charge in [0.1, 0.15) is 0 Å². The van der Waals surface area contributed by atoms with E-state index in [0.29, 0.717) is 17.8 Å². The molecule has 1 atom stereocenters. The van der Waals surface area contributed by atoms with E-state index in [1.54, 1.807) is 43.1 Å². The summed E-state index contributed by atoms with van der Waals surface area (Å²) in [7, 11) is 1.69. The highest BCUT2D eigenvalue weighted by molar-refractivity contribution is 5.96. The third kappa shape index (κ3) is 5.74. The van der Waals surface area contributed by atoms with Gasteiger partial charge >= 0.3 is 5.97 Å². The normalized spacial score (nSPS) is 12.0. The number of aliphatic carboxylic acids is 1. The molecular formula is C15H20N2O4. The van der Waals surface area contributed by atoms with Gasteiger partial charge in [-0.1, -0.05) is 6.92 Å². The Bertz CT molecular complexity index is 525. The van der Waals surface area contributed by atoms with Crippen LogP contribution in [0.25, 0.3) is 0 Å². The third-order valence-corrected chi connectivity index (χ3v) is 3.00. The smallest absolute Gasteiger partial charge is 0.307 e. The fraction of sp³-hybridized carbons (Fsp3) is 0.400. The first kappa shape index (κ1) is 16.8. The van der Waals surface area contributed by atoms with Gasteiger partial charge in [0, 0.05) is 17.8 Å². The highest BCUT2D eigenvalue weighted by Gasteiger charge is 2.15. The number of amides is 1. The molecule has 21 heavy (non-hydrogen) atoms. The first-order valence-electron chi connectivity index (χ1n) is 6.61. The minimum atomic E-state index is -0.887. The van der Waals surface area contributed by atoms with E-state index in [2.05, 4.69) is 5.32 Å². The summed E-state index contributed by atoms with van der Waals surface area (Å²) in [5, 5.41) is 11.5. The number of carboxylic acids is 1. The monoisotopic (exact) mass is 292 g/mol. The van der Waals surface area contributed by atoms with Crippen LogP contribution in [0.3, 0.4) is 0 Å². The van der Waals surface area contributed by atoms with Crippen LogP contribution in [0.15, 0.2) is 24.3 Å². The number of nitrogens with one attached hydrogen (secondary N) is 1. The summed E-state index contributed by atoms with van der Waals surface area (Å²) >= 11 is 0. The van der Waals surface area contributed by atoms with Crippen LogP contribution >= 0.6 is 0 Å². The van der Waals surface area contributed by atoms with Crippen molar-refractivity contribution in [2.75, 3.05) is 25.5 Å². The molecular weight excluding hydrogens is 272 g/mol. The lowest BCUT2D eigenvalue weighted by Crippen LogP contribution is -2.35. The van der Waals surface area contributed by atoms with Crippen molar-refractivity contribution >= 4 is 23.3 Å². The molecule has 1 aromatic rings. The number of benzene rings is 1. The molecule has 0 saturated carbocycles. The van der Waals surface area contributed by atoms with E-state index in [-0.39, 0.29) is 18.2 Å². The largest absolute Gasteiger partial charge is 0.481 e. The Balaban J connectivity index is 2.49. The summed E-state index contributed by atoms with van der Waals surface area (Å²) in [6, 6.07) is 6.62. The molecule has 0 saturated heterocycles. The molecule has 1 unspecified atom stereocenters. The zero-order chi connectivity index (χ0) is 16.0. The fourth-order valence-electron chi connectivity index (χ4n) is 1.84. The number of anilines is 1. The molecule has 0 radical (unpaired) electrons. The Labute approximate surface area is 123 Å².